The molecule has 4 nitrogen and oxygen atoms in total. The standard InChI is InChI=1S/C23H14Cl2FNO3/c24-17-7-6-16(20(25)12-17)13-29-19-8-4-14(5-9-19)10-21-23(28)30-22(27-21)15-2-1-3-18(26)11-15/h1-12H,13H2/b21-10+. The maximum atomic E-state index is 13.4. The Balaban J connectivity index is 1.46. The van der Waals surface area contributed by atoms with Gasteiger partial charge in [0.05, 0.1) is 0 Å². The highest BCUT2D eigenvalue weighted by atomic mass is 35.5. The molecule has 0 spiro atoms. The summed E-state index contributed by atoms with van der Waals surface area (Å²) in [5.41, 5.74) is 2.09. The van der Waals surface area contributed by atoms with Crippen LogP contribution >= 0.6 is 23.2 Å². The number of halogens is 3. The topological polar surface area (TPSA) is 47.9 Å². The molecule has 3 aromatic rings. The van der Waals surface area contributed by atoms with Crippen molar-refractivity contribution in [2.45, 2.75) is 6.61 Å². The van der Waals surface area contributed by atoms with Crippen molar-refractivity contribution in [3.63, 3.8) is 0 Å². The maximum absolute atomic E-state index is 13.4. The summed E-state index contributed by atoms with van der Waals surface area (Å²) in [5, 5.41) is 1.10. The first kappa shape index (κ1) is 20.1. The van der Waals surface area contributed by atoms with E-state index in [4.69, 9.17) is 32.7 Å². The van der Waals surface area contributed by atoms with Gasteiger partial charge in [0.15, 0.2) is 5.70 Å². The lowest BCUT2D eigenvalue weighted by Gasteiger charge is -2.08. The van der Waals surface area contributed by atoms with Crippen LogP contribution in [0.2, 0.25) is 10.0 Å². The van der Waals surface area contributed by atoms with Crippen LogP contribution in [0.15, 0.2) is 77.4 Å². The highest BCUT2D eigenvalue weighted by Gasteiger charge is 2.24. The lowest BCUT2D eigenvalue weighted by Crippen LogP contribution is -2.05. The van der Waals surface area contributed by atoms with Crippen molar-refractivity contribution < 1.29 is 18.7 Å². The Morgan fingerprint density at radius 1 is 1.03 bits per heavy atom. The number of nitrogens with zero attached hydrogens (tertiary/aromatic N) is 1. The summed E-state index contributed by atoms with van der Waals surface area (Å²) in [6.07, 6.45) is 1.59. The normalized spacial score (nSPS) is 14.6. The van der Waals surface area contributed by atoms with Gasteiger partial charge in [0, 0.05) is 21.2 Å². The van der Waals surface area contributed by atoms with Crippen molar-refractivity contribution in [3.05, 3.63) is 105 Å². The van der Waals surface area contributed by atoms with Crippen LogP contribution in [0, 0.1) is 5.82 Å². The number of carbonyl (C=O) groups excluding carboxylic acids is 1. The van der Waals surface area contributed by atoms with Crippen LogP contribution in [0.5, 0.6) is 5.75 Å². The SMILES string of the molecule is O=C1OC(c2cccc(F)c2)=N/C1=C/c1ccc(OCc2ccc(Cl)cc2Cl)cc1. The van der Waals surface area contributed by atoms with Gasteiger partial charge in [0.2, 0.25) is 5.90 Å². The molecule has 0 unspecified atom stereocenters. The summed E-state index contributed by atoms with van der Waals surface area (Å²) in [6.45, 7) is 0.296. The maximum Gasteiger partial charge on any atom is 0.363 e. The van der Waals surface area contributed by atoms with Gasteiger partial charge in [-0.2, -0.15) is 0 Å². The second-order valence-corrected chi connectivity index (χ2v) is 7.28. The summed E-state index contributed by atoms with van der Waals surface area (Å²) in [6, 6.07) is 18.1. The molecule has 3 aromatic carbocycles. The molecule has 1 heterocycles. The first-order chi connectivity index (χ1) is 14.5. The Bertz CT molecular complexity index is 1170. The Morgan fingerprint density at radius 3 is 2.57 bits per heavy atom. The second-order valence-electron chi connectivity index (χ2n) is 6.44. The van der Waals surface area contributed by atoms with Crippen molar-refractivity contribution in [3.8, 4) is 5.75 Å². The summed E-state index contributed by atoms with van der Waals surface area (Å²) < 4.78 is 24.3. The van der Waals surface area contributed by atoms with E-state index in [1.54, 1.807) is 48.5 Å². The lowest BCUT2D eigenvalue weighted by molar-refractivity contribution is -0.129. The van der Waals surface area contributed by atoms with E-state index in [0.717, 1.165) is 11.1 Å². The molecule has 1 aliphatic heterocycles. The van der Waals surface area contributed by atoms with Gasteiger partial charge in [0.25, 0.3) is 0 Å². The molecule has 0 aliphatic carbocycles. The van der Waals surface area contributed by atoms with Crippen molar-refractivity contribution >= 4 is 41.1 Å². The molecule has 4 rings (SSSR count). The number of benzene rings is 3. The fourth-order valence-electron chi connectivity index (χ4n) is 2.77. The minimum atomic E-state index is -0.591. The molecule has 0 amide bonds. The summed E-state index contributed by atoms with van der Waals surface area (Å²) in [7, 11) is 0. The molecule has 0 aromatic heterocycles. The smallest absolute Gasteiger partial charge is 0.363 e. The van der Waals surface area contributed by atoms with Crippen LogP contribution in [-0.4, -0.2) is 11.9 Å². The van der Waals surface area contributed by atoms with Gasteiger partial charge < -0.3 is 9.47 Å². The molecule has 30 heavy (non-hydrogen) atoms. The summed E-state index contributed by atoms with van der Waals surface area (Å²) >= 11 is 12.0. The Kier molecular flexibility index (Phi) is 5.84. The fourth-order valence-corrected chi connectivity index (χ4v) is 3.24. The number of ether oxygens (including phenoxy) is 2. The van der Waals surface area contributed by atoms with E-state index in [1.807, 2.05) is 6.07 Å². The highest BCUT2D eigenvalue weighted by molar-refractivity contribution is 6.35. The van der Waals surface area contributed by atoms with Crippen molar-refractivity contribution in [2.24, 2.45) is 4.99 Å². The molecule has 7 heteroatoms. The number of hydrogen-bond acceptors (Lipinski definition) is 4. The van der Waals surface area contributed by atoms with Gasteiger partial charge >= 0.3 is 5.97 Å². The second kappa shape index (κ2) is 8.69. The van der Waals surface area contributed by atoms with E-state index in [2.05, 4.69) is 4.99 Å². The number of carbonyl (C=O) groups is 1. The van der Waals surface area contributed by atoms with Crippen LogP contribution < -0.4 is 4.74 Å². The Labute approximate surface area is 182 Å². The predicted molar refractivity (Wildman–Crippen MR) is 114 cm³/mol. The van der Waals surface area contributed by atoms with E-state index in [0.29, 0.717) is 28.0 Å². The molecule has 0 saturated heterocycles. The van der Waals surface area contributed by atoms with Crippen molar-refractivity contribution in [1.29, 1.82) is 0 Å². The minimum absolute atomic E-state index is 0.0746. The number of aliphatic imine (C=N–C) groups is 1. The summed E-state index contributed by atoms with van der Waals surface area (Å²) in [5.74, 6) is -0.308. The van der Waals surface area contributed by atoms with Gasteiger partial charge in [-0.05, 0) is 54.1 Å². The number of hydrogen-bond donors (Lipinski definition) is 0. The van der Waals surface area contributed by atoms with Crippen LogP contribution in [0.25, 0.3) is 6.08 Å². The average Bonchev–Trinajstić information content (AvgIpc) is 3.09. The van der Waals surface area contributed by atoms with Gasteiger partial charge in [-0.3, -0.25) is 0 Å². The predicted octanol–water partition coefficient (Wildman–Crippen LogP) is 6.06. The zero-order valence-electron chi connectivity index (χ0n) is 15.4. The van der Waals surface area contributed by atoms with E-state index in [-0.39, 0.29) is 11.6 Å². The molecular formula is C23H14Cl2FNO3. The first-order valence-electron chi connectivity index (χ1n) is 8.93. The van der Waals surface area contributed by atoms with E-state index in [1.165, 1.54) is 18.2 Å². The zero-order valence-corrected chi connectivity index (χ0v) is 17.0. The molecule has 0 bridgehead atoms. The zero-order chi connectivity index (χ0) is 21.1. The first-order valence-corrected chi connectivity index (χ1v) is 9.69. The highest BCUT2D eigenvalue weighted by Crippen LogP contribution is 2.24. The molecule has 0 N–H and O–H groups in total. The van der Waals surface area contributed by atoms with Gasteiger partial charge in [-0.15, -0.1) is 0 Å². The van der Waals surface area contributed by atoms with Crippen LogP contribution in [0.1, 0.15) is 16.7 Å². The van der Waals surface area contributed by atoms with Gasteiger partial charge in [0.1, 0.15) is 18.2 Å². The monoisotopic (exact) mass is 441 g/mol. The van der Waals surface area contributed by atoms with Crippen LogP contribution in [0.4, 0.5) is 4.39 Å². The largest absolute Gasteiger partial charge is 0.489 e. The number of cyclic esters (lactones) is 1. The average molecular weight is 442 g/mol. The molecule has 1 aliphatic rings. The molecule has 0 radical (unpaired) electrons. The Hall–Kier alpha value is -3.15. The minimum Gasteiger partial charge on any atom is -0.489 e. The van der Waals surface area contributed by atoms with E-state index in [9.17, 15) is 9.18 Å². The van der Waals surface area contributed by atoms with Crippen molar-refractivity contribution in [2.75, 3.05) is 0 Å². The van der Waals surface area contributed by atoms with Crippen LogP contribution in [-0.2, 0) is 16.1 Å². The van der Waals surface area contributed by atoms with E-state index < -0.39 is 11.8 Å². The third kappa shape index (κ3) is 4.70. The number of rotatable bonds is 5. The molecule has 0 fully saturated rings. The third-order valence-electron chi connectivity index (χ3n) is 4.29. The van der Waals surface area contributed by atoms with Crippen LogP contribution in [0.3, 0.4) is 0 Å². The molecule has 150 valence electrons. The van der Waals surface area contributed by atoms with Gasteiger partial charge in [-0.25, -0.2) is 14.2 Å². The molecule has 0 atom stereocenters. The molecule has 0 saturated carbocycles. The molecular weight excluding hydrogens is 428 g/mol. The van der Waals surface area contributed by atoms with E-state index >= 15 is 0 Å². The Morgan fingerprint density at radius 2 is 1.83 bits per heavy atom. The quantitative estimate of drug-likeness (QED) is 0.357. The third-order valence-corrected chi connectivity index (χ3v) is 4.87. The fraction of sp³-hybridized carbons (Fsp3) is 0.0435. The van der Waals surface area contributed by atoms with Gasteiger partial charge in [-0.1, -0.05) is 47.5 Å². The number of esters is 1. The summed E-state index contributed by atoms with van der Waals surface area (Å²) in [4.78, 5) is 16.3. The van der Waals surface area contributed by atoms with Crippen molar-refractivity contribution in [1.82, 2.24) is 0 Å². The lowest BCUT2D eigenvalue weighted by atomic mass is 10.2.